The molecule has 0 bridgehead atoms. The van der Waals surface area contributed by atoms with Gasteiger partial charge >= 0.3 is 5.97 Å². The van der Waals surface area contributed by atoms with E-state index in [1.54, 1.807) is 18.2 Å². The lowest BCUT2D eigenvalue weighted by Crippen LogP contribution is -2.30. The van der Waals surface area contributed by atoms with Crippen LogP contribution in [0.1, 0.15) is 59.7 Å². The predicted molar refractivity (Wildman–Crippen MR) is 112 cm³/mol. The van der Waals surface area contributed by atoms with Gasteiger partial charge < -0.3 is 10.1 Å². The lowest BCUT2D eigenvalue weighted by molar-refractivity contribution is -0.153. The number of carbonyl (C=O) groups is 3. The second kappa shape index (κ2) is 9.84. The molecule has 0 radical (unpaired) electrons. The van der Waals surface area contributed by atoms with Crippen molar-refractivity contribution in [3.8, 4) is 6.07 Å². The van der Waals surface area contributed by atoms with E-state index >= 15 is 0 Å². The minimum Gasteiger partial charge on any atom is -0.453 e. The highest BCUT2D eigenvalue weighted by atomic mass is 16.5. The van der Waals surface area contributed by atoms with E-state index in [0.717, 1.165) is 19.3 Å². The van der Waals surface area contributed by atoms with E-state index in [4.69, 9.17) is 10.00 Å². The Morgan fingerprint density at radius 2 is 1.83 bits per heavy atom. The third-order valence-electron chi connectivity index (χ3n) is 5.16. The van der Waals surface area contributed by atoms with Crippen LogP contribution in [0.15, 0.2) is 42.5 Å². The van der Waals surface area contributed by atoms with Crippen LogP contribution in [0.3, 0.4) is 0 Å². The molecular weight excluding hydrogens is 380 g/mol. The fourth-order valence-electron chi connectivity index (χ4n) is 3.49. The molecule has 0 saturated carbocycles. The van der Waals surface area contributed by atoms with Crippen LogP contribution in [0.2, 0.25) is 0 Å². The van der Waals surface area contributed by atoms with Crippen LogP contribution in [0.5, 0.6) is 0 Å². The molecule has 1 amide bonds. The van der Waals surface area contributed by atoms with Crippen LogP contribution >= 0.6 is 0 Å². The molecule has 0 saturated heterocycles. The third kappa shape index (κ3) is 5.54. The third-order valence-corrected chi connectivity index (χ3v) is 5.16. The number of nitrogens with zero attached hydrogens (tertiary/aromatic N) is 1. The largest absolute Gasteiger partial charge is 0.453 e. The van der Waals surface area contributed by atoms with Crippen molar-refractivity contribution in [1.29, 1.82) is 5.26 Å². The molecule has 0 unspecified atom stereocenters. The summed E-state index contributed by atoms with van der Waals surface area (Å²) in [4.78, 5) is 36.7. The maximum absolute atomic E-state index is 12.4. The standard InChI is InChI=1S/C24H24N2O4/c1-16(24(29)26-21-8-4-5-17(13-21)15-25)30-23(28)12-11-22(27)20-10-9-18-6-2-3-7-19(18)14-20/h4-5,8-10,13-14,16H,2-3,6-7,11-12H2,1H3,(H,26,29)/t16-/m1/s1. The maximum atomic E-state index is 12.4. The predicted octanol–water partition coefficient (Wildman–Crippen LogP) is 3.97. The first-order chi connectivity index (χ1) is 14.5. The van der Waals surface area contributed by atoms with E-state index in [-0.39, 0.29) is 18.6 Å². The highest BCUT2D eigenvalue weighted by Crippen LogP contribution is 2.23. The van der Waals surface area contributed by atoms with Crippen LogP contribution in [-0.2, 0) is 27.2 Å². The number of ketones is 1. The van der Waals surface area contributed by atoms with Gasteiger partial charge in [0.15, 0.2) is 11.9 Å². The molecule has 30 heavy (non-hydrogen) atoms. The van der Waals surface area contributed by atoms with Gasteiger partial charge in [0.05, 0.1) is 18.1 Å². The molecule has 1 atom stereocenters. The minimum atomic E-state index is -1.01. The fourth-order valence-corrected chi connectivity index (χ4v) is 3.49. The van der Waals surface area contributed by atoms with Gasteiger partial charge in [0, 0.05) is 17.7 Å². The highest BCUT2D eigenvalue weighted by molar-refractivity contribution is 5.98. The zero-order valence-corrected chi connectivity index (χ0v) is 16.9. The molecule has 2 aromatic carbocycles. The average Bonchev–Trinajstić information content (AvgIpc) is 2.77. The number of amides is 1. The molecule has 3 rings (SSSR count). The molecule has 1 N–H and O–H groups in total. The maximum Gasteiger partial charge on any atom is 0.307 e. The number of anilines is 1. The molecule has 1 aliphatic carbocycles. The molecular formula is C24H24N2O4. The quantitative estimate of drug-likeness (QED) is 0.556. The number of hydrogen-bond donors (Lipinski definition) is 1. The number of Topliss-reactive ketones (excluding diaryl/α,β-unsaturated/α-hetero) is 1. The molecule has 1 aliphatic rings. The van der Waals surface area contributed by atoms with Crippen LogP contribution < -0.4 is 5.32 Å². The van der Waals surface area contributed by atoms with Gasteiger partial charge in [0.25, 0.3) is 5.91 Å². The number of aryl methyl sites for hydroxylation is 2. The summed E-state index contributed by atoms with van der Waals surface area (Å²) in [7, 11) is 0. The van der Waals surface area contributed by atoms with Crippen molar-refractivity contribution >= 4 is 23.3 Å². The number of rotatable bonds is 7. The van der Waals surface area contributed by atoms with Crippen molar-refractivity contribution in [3.63, 3.8) is 0 Å². The van der Waals surface area contributed by atoms with E-state index in [1.807, 2.05) is 24.3 Å². The minimum absolute atomic E-state index is 0.0379. The SMILES string of the molecule is C[C@@H](OC(=O)CCC(=O)c1ccc2c(c1)CCCC2)C(=O)Nc1cccc(C#N)c1. The van der Waals surface area contributed by atoms with Gasteiger partial charge in [-0.25, -0.2) is 0 Å². The van der Waals surface area contributed by atoms with Crippen molar-refractivity contribution in [2.75, 3.05) is 5.32 Å². The van der Waals surface area contributed by atoms with E-state index < -0.39 is 18.0 Å². The Morgan fingerprint density at radius 1 is 1.07 bits per heavy atom. The fraction of sp³-hybridized carbons (Fsp3) is 0.333. The zero-order valence-electron chi connectivity index (χ0n) is 16.9. The topological polar surface area (TPSA) is 96.3 Å². The number of hydrogen-bond acceptors (Lipinski definition) is 5. The Hall–Kier alpha value is -3.46. The van der Waals surface area contributed by atoms with Gasteiger partial charge in [0.1, 0.15) is 0 Å². The number of ether oxygens (including phenoxy) is 1. The van der Waals surface area contributed by atoms with Crippen LogP contribution in [-0.4, -0.2) is 23.8 Å². The van der Waals surface area contributed by atoms with E-state index in [0.29, 0.717) is 16.8 Å². The van der Waals surface area contributed by atoms with Crippen molar-refractivity contribution in [2.45, 2.75) is 51.6 Å². The lowest BCUT2D eigenvalue weighted by Gasteiger charge is -2.16. The molecule has 2 aromatic rings. The lowest BCUT2D eigenvalue weighted by atomic mass is 9.89. The summed E-state index contributed by atoms with van der Waals surface area (Å²) in [5.41, 5.74) is 4.01. The summed E-state index contributed by atoms with van der Waals surface area (Å²) in [5, 5.41) is 11.5. The van der Waals surface area contributed by atoms with Crippen molar-refractivity contribution < 1.29 is 19.1 Å². The number of esters is 1. The molecule has 154 valence electrons. The number of benzene rings is 2. The zero-order chi connectivity index (χ0) is 21.5. The Kier molecular flexibility index (Phi) is 6.97. The normalized spacial score (nSPS) is 13.5. The number of nitrogens with one attached hydrogen (secondary N) is 1. The summed E-state index contributed by atoms with van der Waals surface area (Å²) >= 11 is 0. The van der Waals surface area contributed by atoms with Gasteiger partial charge in [0.2, 0.25) is 0 Å². The van der Waals surface area contributed by atoms with Crippen molar-refractivity contribution in [2.24, 2.45) is 0 Å². The second-order valence-electron chi connectivity index (χ2n) is 7.43. The van der Waals surface area contributed by atoms with Gasteiger partial charge in [-0.15, -0.1) is 0 Å². The highest BCUT2D eigenvalue weighted by Gasteiger charge is 2.19. The van der Waals surface area contributed by atoms with E-state index in [1.165, 1.54) is 30.5 Å². The average molecular weight is 404 g/mol. The molecule has 0 spiro atoms. The Labute approximate surface area is 175 Å². The van der Waals surface area contributed by atoms with Crippen LogP contribution in [0.25, 0.3) is 0 Å². The summed E-state index contributed by atoms with van der Waals surface area (Å²) in [6.45, 7) is 1.46. The summed E-state index contributed by atoms with van der Waals surface area (Å²) in [6.07, 6.45) is 3.30. The first-order valence-electron chi connectivity index (χ1n) is 10.1. The second-order valence-corrected chi connectivity index (χ2v) is 7.43. The van der Waals surface area contributed by atoms with Crippen molar-refractivity contribution in [1.82, 2.24) is 0 Å². The molecule has 0 aliphatic heterocycles. The van der Waals surface area contributed by atoms with E-state index in [9.17, 15) is 14.4 Å². The number of fused-ring (bicyclic) bond motifs is 1. The number of nitriles is 1. The van der Waals surface area contributed by atoms with Crippen molar-refractivity contribution in [3.05, 3.63) is 64.7 Å². The van der Waals surface area contributed by atoms with Crippen LogP contribution in [0, 0.1) is 11.3 Å². The van der Waals surface area contributed by atoms with Gasteiger partial charge in [-0.3, -0.25) is 14.4 Å². The summed E-state index contributed by atoms with van der Waals surface area (Å²) in [6, 6.07) is 14.2. The van der Waals surface area contributed by atoms with Gasteiger partial charge in [-0.05, 0) is 68.0 Å². The molecule has 6 heteroatoms. The Morgan fingerprint density at radius 3 is 2.60 bits per heavy atom. The molecule has 0 fully saturated rings. The first kappa shape index (κ1) is 21.3. The number of carbonyl (C=O) groups excluding carboxylic acids is 3. The van der Waals surface area contributed by atoms with Gasteiger partial charge in [-0.1, -0.05) is 18.2 Å². The Balaban J connectivity index is 1.48. The first-order valence-corrected chi connectivity index (χ1v) is 10.1. The van der Waals surface area contributed by atoms with Gasteiger partial charge in [-0.2, -0.15) is 5.26 Å². The summed E-state index contributed by atoms with van der Waals surface area (Å²) < 4.78 is 5.15. The molecule has 0 heterocycles. The smallest absolute Gasteiger partial charge is 0.307 e. The monoisotopic (exact) mass is 404 g/mol. The Bertz CT molecular complexity index is 1010. The van der Waals surface area contributed by atoms with E-state index in [2.05, 4.69) is 5.32 Å². The van der Waals surface area contributed by atoms with Crippen LogP contribution in [0.4, 0.5) is 5.69 Å². The molecule has 6 nitrogen and oxygen atoms in total. The molecule has 0 aromatic heterocycles. The summed E-state index contributed by atoms with van der Waals surface area (Å²) in [5.74, 6) is -1.21.